The molecule has 3 unspecified atom stereocenters. The summed E-state index contributed by atoms with van der Waals surface area (Å²) in [6.45, 7) is 5.15. The molecule has 0 spiro atoms. The number of hydrogen-bond acceptors (Lipinski definition) is 4. The largest absolute Gasteiger partial charge is 0.480 e. The van der Waals surface area contributed by atoms with Gasteiger partial charge in [0.25, 0.3) is 0 Å². The van der Waals surface area contributed by atoms with E-state index in [1.807, 2.05) is 0 Å². The zero-order valence-corrected chi connectivity index (χ0v) is 12.4. The highest BCUT2D eigenvalue weighted by atomic mass is 16.6. The van der Waals surface area contributed by atoms with E-state index in [4.69, 9.17) is 4.74 Å². The number of aliphatic carboxylic acids is 1. The van der Waals surface area contributed by atoms with Gasteiger partial charge in [0.1, 0.15) is 11.6 Å². The predicted molar refractivity (Wildman–Crippen MR) is 73.4 cm³/mol. The van der Waals surface area contributed by atoms with Crippen LogP contribution in [0.1, 0.15) is 52.9 Å². The average Bonchev–Trinajstić information content (AvgIpc) is 2.28. The fourth-order valence-electron chi connectivity index (χ4n) is 2.44. The van der Waals surface area contributed by atoms with Crippen molar-refractivity contribution in [2.45, 2.75) is 70.6 Å². The van der Waals surface area contributed by atoms with Crippen molar-refractivity contribution in [2.24, 2.45) is 5.92 Å². The smallest absolute Gasteiger partial charge is 0.408 e. The van der Waals surface area contributed by atoms with Crippen molar-refractivity contribution in [3.63, 3.8) is 0 Å². The molecular formula is C14H25NO5. The molecule has 0 heterocycles. The third-order valence-electron chi connectivity index (χ3n) is 3.40. The number of carbonyl (C=O) groups is 2. The summed E-state index contributed by atoms with van der Waals surface area (Å²) in [5.41, 5.74) is -0.669. The summed E-state index contributed by atoms with van der Waals surface area (Å²) in [5.74, 6) is -1.19. The Morgan fingerprint density at radius 3 is 2.40 bits per heavy atom. The third-order valence-corrected chi connectivity index (χ3v) is 3.40. The Hall–Kier alpha value is -1.30. The van der Waals surface area contributed by atoms with Crippen molar-refractivity contribution in [3.8, 4) is 0 Å². The van der Waals surface area contributed by atoms with Crippen LogP contribution < -0.4 is 5.32 Å². The van der Waals surface area contributed by atoms with Gasteiger partial charge in [0.05, 0.1) is 6.10 Å². The summed E-state index contributed by atoms with van der Waals surface area (Å²) < 4.78 is 5.06. The van der Waals surface area contributed by atoms with Crippen LogP contribution in [0.4, 0.5) is 4.79 Å². The van der Waals surface area contributed by atoms with E-state index >= 15 is 0 Å². The maximum absolute atomic E-state index is 11.6. The highest BCUT2D eigenvalue weighted by Gasteiger charge is 2.31. The number of carbonyl (C=O) groups excluding carboxylic acids is 1. The van der Waals surface area contributed by atoms with Gasteiger partial charge in [-0.05, 0) is 46.0 Å². The van der Waals surface area contributed by atoms with Gasteiger partial charge in [-0.15, -0.1) is 0 Å². The first-order valence-electron chi connectivity index (χ1n) is 7.09. The molecule has 1 rings (SSSR count). The minimum absolute atomic E-state index is 0.0835. The minimum atomic E-state index is -1.10. The van der Waals surface area contributed by atoms with E-state index in [-0.39, 0.29) is 12.3 Å². The van der Waals surface area contributed by atoms with E-state index in [0.29, 0.717) is 6.42 Å². The van der Waals surface area contributed by atoms with Crippen LogP contribution in [0.2, 0.25) is 0 Å². The van der Waals surface area contributed by atoms with Gasteiger partial charge in [-0.2, -0.15) is 0 Å². The molecule has 6 heteroatoms. The van der Waals surface area contributed by atoms with E-state index < -0.39 is 29.8 Å². The lowest BCUT2D eigenvalue weighted by molar-refractivity contribution is -0.140. The average molecular weight is 287 g/mol. The molecule has 0 aliphatic heterocycles. The number of carboxylic acids is 1. The SMILES string of the molecule is CC(C)(C)OC(=O)NC(CC1CCCCC1O)C(=O)O. The molecule has 0 bridgehead atoms. The van der Waals surface area contributed by atoms with Crippen molar-refractivity contribution >= 4 is 12.1 Å². The molecule has 3 atom stereocenters. The lowest BCUT2D eigenvalue weighted by atomic mass is 9.82. The summed E-state index contributed by atoms with van der Waals surface area (Å²) in [7, 11) is 0. The second-order valence-corrected chi connectivity index (χ2v) is 6.38. The lowest BCUT2D eigenvalue weighted by Gasteiger charge is -2.30. The number of aliphatic hydroxyl groups excluding tert-OH is 1. The standard InChI is InChI=1S/C14H25NO5/c1-14(2,3)20-13(19)15-10(12(17)18)8-9-6-4-5-7-11(9)16/h9-11,16H,4-8H2,1-3H3,(H,15,19)(H,17,18). The van der Waals surface area contributed by atoms with Gasteiger partial charge in [-0.1, -0.05) is 12.8 Å². The first-order valence-corrected chi connectivity index (χ1v) is 7.09. The Balaban J connectivity index is 2.56. The van der Waals surface area contributed by atoms with Gasteiger partial charge in [-0.3, -0.25) is 0 Å². The number of nitrogens with one attached hydrogen (secondary N) is 1. The zero-order valence-electron chi connectivity index (χ0n) is 12.4. The molecule has 116 valence electrons. The molecule has 3 N–H and O–H groups in total. The summed E-state index contributed by atoms with van der Waals surface area (Å²) in [6, 6.07) is -1.03. The maximum Gasteiger partial charge on any atom is 0.408 e. The van der Waals surface area contributed by atoms with E-state index in [2.05, 4.69) is 5.32 Å². The van der Waals surface area contributed by atoms with E-state index in [0.717, 1.165) is 19.3 Å². The van der Waals surface area contributed by atoms with Crippen LogP contribution in [0.5, 0.6) is 0 Å². The van der Waals surface area contributed by atoms with Gasteiger partial charge in [0.2, 0.25) is 0 Å². The fourth-order valence-corrected chi connectivity index (χ4v) is 2.44. The number of hydrogen-bond donors (Lipinski definition) is 3. The quantitative estimate of drug-likeness (QED) is 0.734. The molecular weight excluding hydrogens is 262 g/mol. The maximum atomic E-state index is 11.6. The molecule has 1 aliphatic rings. The second-order valence-electron chi connectivity index (χ2n) is 6.38. The number of carboxylic acid groups (broad SMARTS) is 1. The van der Waals surface area contributed by atoms with Crippen molar-refractivity contribution in [1.29, 1.82) is 0 Å². The Bertz CT molecular complexity index is 350. The molecule has 0 aromatic carbocycles. The first kappa shape index (κ1) is 16.8. The third kappa shape index (κ3) is 5.77. The van der Waals surface area contributed by atoms with Gasteiger partial charge in [0.15, 0.2) is 0 Å². The van der Waals surface area contributed by atoms with Crippen LogP contribution >= 0.6 is 0 Å². The highest BCUT2D eigenvalue weighted by Crippen LogP contribution is 2.28. The Labute approximate surface area is 119 Å². The topological polar surface area (TPSA) is 95.9 Å². The van der Waals surface area contributed by atoms with Crippen LogP contribution in [0, 0.1) is 5.92 Å². The van der Waals surface area contributed by atoms with Crippen molar-refractivity contribution in [2.75, 3.05) is 0 Å². The molecule has 1 saturated carbocycles. The van der Waals surface area contributed by atoms with Gasteiger partial charge >= 0.3 is 12.1 Å². The Morgan fingerprint density at radius 2 is 1.90 bits per heavy atom. The van der Waals surface area contributed by atoms with E-state index in [1.165, 1.54) is 0 Å². The number of alkyl carbamates (subject to hydrolysis) is 1. The summed E-state index contributed by atoms with van der Waals surface area (Å²) in [6.07, 6.45) is 2.46. The second kappa shape index (κ2) is 6.92. The van der Waals surface area contributed by atoms with Crippen molar-refractivity contribution in [1.82, 2.24) is 5.32 Å². The van der Waals surface area contributed by atoms with E-state index in [9.17, 15) is 19.8 Å². The van der Waals surface area contributed by atoms with Gasteiger partial charge in [-0.25, -0.2) is 9.59 Å². The molecule has 0 radical (unpaired) electrons. The summed E-state index contributed by atoms with van der Waals surface area (Å²) in [5, 5.41) is 21.4. The van der Waals surface area contributed by atoms with Crippen molar-refractivity contribution < 1.29 is 24.5 Å². The van der Waals surface area contributed by atoms with E-state index in [1.54, 1.807) is 20.8 Å². The number of rotatable bonds is 4. The molecule has 1 amide bonds. The molecule has 0 aromatic rings. The normalized spacial score (nSPS) is 24.8. The van der Waals surface area contributed by atoms with Gasteiger partial charge in [0, 0.05) is 0 Å². The zero-order chi connectivity index (χ0) is 15.3. The minimum Gasteiger partial charge on any atom is -0.480 e. The van der Waals surface area contributed by atoms with Crippen LogP contribution in [0.3, 0.4) is 0 Å². The molecule has 0 aromatic heterocycles. The highest BCUT2D eigenvalue weighted by molar-refractivity contribution is 5.80. The number of aliphatic hydroxyl groups is 1. The van der Waals surface area contributed by atoms with Gasteiger partial charge < -0.3 is 20.3 Å². The predicted octanol–water partition coefficient (Wildman–Crippen LogP) is 1.91. The first-order chi connectivity index (χ1) is 9.19. The van der Waals surface area contributed by atoms with Crippen molar-refractivity contribution in [3.05, 3.63) is 0 Å². The lowest BCUT2D eigenvalue weighted by Crippen LogP contribution is -2.45. The summed E-state index contributed by atoms with van der Waals surface area (Å²) in [4.78, 5) is 22.9. The Morgan fingerprint density at radius 1 is 1.30 bits per heavy atom. The molecule has 1 fully saturated rings. The molecule has 0 saturated heterocycles. The number of ether oxygens (including phenoxy) is 1. The van der Waals surface area contributed by atoms with Crippen LogP contribution in [0.25, 0.3) is 0 Å². The summed E-state index contributed by atoms with van der Waals surface area (Å²) >= 11 is 0. The Kier molecular flexibility index (Phi) is 5.80. The number of amides is 1. The molecule has 6 nitrogen and oxygen atoms in total. The molecule has 1 aliphatic carbocycles. The van der Waals surface area contributed by atoms with Crippen LogP contribution in [0.15, 0.2) is 0 Å². The molecule has 20 heavy (non-hydrogen) atoms. The van der Waals surface area contributed by atoms with Crippen LogP contribution in [-0.2, 0) is 9.53 Å². The fraction of sp³-hybridized carbons (Fsp3) is 0.857. The van der Waals surface area contributed by atoms with Crippen LogP contribution in [-0.4, -0.2) is 40.0 Å². The monoisotopic (exact) mass is 287 g/mol.